The Balaban J connectivity index is 0.00000101. The molecule has 30 heavy (non-hydrogen) atoms. The van der Waals surface area contributed by atoms with Crippen LogP contribution in [0.3, 0.4) is 0 Å². The molecule has 1 saturated heterocycles. The summed E-state index contributed by atoms with van der Waals surface area (Å²) in [5.41, 5.74) is 1.14. The Morgan fingerprint density at radius 3 is 2.63 bits per heavy atom. The second-order valence-electron chi connectivity index (χ2n) is 8.11. The summed E-state index contributed by atoms with van der Waals surface area (Å²) in [5, 5.41) is 12.7. The number of anilines is 1. The number of carbonyl (C=O) groups is 3. The minimum absolute atomic E-state index is 0.192. The lowest BCUT2D eigenvalue weighted by Crippen LogP contribution is -2.44. The van der Waals surface area contributed by atoms with E-state index in [0.717, 1.165) is 57.2 Å². The van der Waals surface area contributed by atoms with Gasteiger partial charge in [0.25, 0.3) is 6.47 Å². The molecular weight excluding hydrogens is 389 g/mol. The number of benzene rings is 1. The third-order valence-corrected chi connectivity index (χ3v) is 5.66. The lowest BCUT2D eigenvalue weighted by Gasteiger charge is -2.32. The lowest BCUT2D eigenvalue weighted by molar-refractivity contribution is -0.125. The largest absolute Gasteiger partial charge is 0.483 e. The molecule has 0 bridgehead atoms. The van der Waals surface area contributed by atoms with Crippen LogP contribution in [0.2, 0.25) is 0 Å². The second kappa shape index (κ2) is 12.3. The molecule has 1 aliphatic heterocycles. The van der Waals surface area contributed by atoms with Crippen molar-refractivity contribution in [1.82, 2.24) is 10.2 Å². The highest BCUT2D eigenvalue weighted by Gasteiger charge is 2.25. The van der Waals surface area contributed by atoms with E-state index in [9.17, 15) is 14.0 Å². The summed E-state index contributed by atoms with van der Waals surface area (Å²) in [4.78, 5) is 34.9. The van der Waals surface area contributed by atoms with Crippen molar-refractivity contribution in [1.29, 1.82) is 0 Å². The maximum atomic E-state index is 13.8. The number of hydrogen-bond donors (Lipinski definition) is 3. The van der Waals surface area contributed by atoms with E-state index in [1.807, 2.05) is 6.92 Å². The Bertz CT molecular complexity index is 722. The van der Waals surface area contributed by atoms with Crippen LogP contribution in [-0.4, -0.2) is 54.5 Å². The van der Waals surface area contributed by atoms with Crippen LogP contribution in [-0.2, 0) is 14.4 Å². The summed E-state index contributed by atoms with van der Waals surface area (Å²) >= 11 is 0. The summed E-state index contributed by atoms with van der Waals surface area (Å²) in [5.74, 6) is 0.139. The van der Waals surface area contributed by atoms with E-state index in [4.69, 9.17) is 9.90 Å². The normalized spacial score (nSPS) is 19.5. The molecule has 0 spiro atoms. The average Bonchev–Trinajstić information content (AvgIpc) is 3.25. The summed E-state index contributed by atoms with van der Waals surface area (Å²) in [7, 11) is 0. The Hall–Kier alpha value is -2.48. The van der Waals surface area contributed by atoms with Crippen molar-refractivity contribution in [3.05, 3.63) is 29.6 Å². The molecule has 1 aromatic carbocycles. The summed E-state index contributed by atoms with van der Waals surface area (Å²) in [6.45, 7) is 4.19. The number of nitrogens with zero attached hydrogens (tertiary/aromatic N) is 1. The van der Waals surface area contributed by atoms with Crippen LogP contribution >= 0.6 is 0 Å². The van der Waals surface area contributed by atoms with Gasteiger partial charge in [0.1, 0.15) is 5.82 Å². The van der Waals surface area contributed by atoms with Crippen LogP contribution in [0.5, 0.6) is 0 Å². The number of amides is 2. The SMILES string of the molecule is Cc1ccc(F)c(NC(=O)CN2CCCC(CNC(=O)C3CCCC3)C2)c1.O=CO. The number of rotatable bonds is 6. The predicted octanol–water partition coefficient (Wildman–Crippen LogP) is 2.79. The zero-order chi connectivity index (χ0) is 21.9. The molecule has 1 aliphatic carbocycles. The molecule has 0 radical (unpaired) electrons. The highest BCUT2D eigenvalue weighted by molar-refractivity contribution is 5.92. The van der Waals surface area contributed by atoms with Crippen molar-refractivity contribution in [3.8, 4) is 0 Å². The predicted molar refractivity (Wildman–Crippen MR) is 113 cm³/mol. The minimum atomic E-state index is -0.417. The first-order valence-corrected chi connectivity index (χ1v) is 10.6. The molecular formula is C22H32FN3O4. The van der Waals surface area contributed by atoms with Gasteiger partial charge in [0.15, 0.2) is 0 Å². The Labute approximate surface area is 177 Å². The van der Waals surface area contributed by atoms with Gasteiger partial charge in [-0.2, -0.15) is 0 Å². The maximum Gasteiger partial charge on any atom is 0.290 e. The van der Waals surface area contributed by atoms with Crippen LogP contribution in [0.15, 0.2) is 18.2 Å². The van der Waals surface area contributed by atoms with Crippen molar-refractivity contribution in [2.45, 2.75) is 45.4 Å². The van der Waals surface area contributed by atoms with E-state index < -0.39 is 5.82 Å². The van der Waals surface area contributed by atoms with Gasteiger partial charge in [-0.3, -0.25) is 19.3 Å². The summed E-state index contributed by atoms with van der Waals surface area (Å²) in [6, 6.07) is 4.69. The quantitative estimate of drug-likeness (QED) is 0.614. The Kier molecular flexibility index (Phi) is 9.73. The molecule has 2 aliphatic rings. The molecule has 1 unspecified atom stereocenters. The fourth-order valence-electron chi connectivity index (χ4n) is 4.17. The van der Waals surface area contributed by atoms with Gasteiger partial charge in [-0.1, -0.05) is 18.9 Å². The highest BCUT2D eigenvalue weighted by atomic mass is 19.1. The molecule has 7 nitrogen and oxygen atoms in total. The van der Waals surface area contributed by atoms with Gasteiger partial charge in [0.2, 0.25) is 11.8 Å². The van der Waals surface area contributed by atoms with Crippen LogP contribution in [0.1, 0.15) is 44.1 Å². The lowest BCUT2D eigenvalue weighted by atomic mass is 9.97. The Morgan fingerprint density at radius 2 is 1.93 bits per heavy atom. The number of carbonyl (C=O) groups excluding carboxylic acids is 2. The number of piperidine rings is 1. The smallest absolute Gasteiger partial charge is 0.290 e. The molecule has 3 N–H and O–H groups in total. The molecule has 1 aromatic rings. The van der Waals surface area contributed by atoms with Crippen LogP contribution < -0.4 is 10.6 Å². The van der Waals surface area contributed by atoms with E-state index >= 15 is 0 Å². The fourth-order valence-corrected chi connectivity index (χ4v) is 4.17. The fraction of sp³-hybridized carbons (Fsp3) is 0.591. The molecule has 0 aromatic heterocycles. The number of carboxylic acid groups (broad SMARTS) is 1. The zero-order valence-electron chi connectivity index (χ0n) is 17.5. The van der Waals surface area contributed by atoms with Crippen LogP contribution in [0.25, 0.3) is 0 Å². The van der Waals surface area contributed by atoms with Crippen LogP contribution in [0, 0.1) is 24.6 Å². The van der Waals surface area contributed by atoms with Gasteiger partial charge < -0.3 is 15.7 Å². The molecule has 1 saturated carbocycles. The molecule has 1 atom stereocenters. The number of halogens is 1. The van der Waals surface area contributed by atoms with E-state index in [0.29, 0.717) is 12.5 Å². The number of hydrogen-bond acceptors (Lipinski definition) is 4. The van der Waals surface area contributed by atoms with E-state index in [1.54, 1.807) is 12.1 Å². The van der Waals surface area contributed by atoms with Crippen molar-refractivity contribution in [2.75, 3.05) is 31.5 Å². The van der Waals surface area contributed by atoms with E-state index in [-0.39, 0.29) is 36.4 Å². The van der Waals surface area contributed by atoms with Gasteiger partial charge in [-0.25, -0.2) is 4.39 Å². The van der Waals surface area contributed by atoms with Gasteiger partial charge in [-0.05, 0) is 62.8 Å². The Morgan fingerprint density at radius 1 is 1.23 bits per heavy atom. The van der Waals surface area contributed by atoms with Gasteiger partial charge in [0, 0.05) is 19.0 Å². The van der Waals surface area contributed by atoms with Crippen molar-refractivity contribution < 1.29 is 23.9 Å². The molecule has 3 rings (SSSR count). The van der Waals surface area contributed by atoms with E-state index in [2.05, 4.69) is 15.5 Å². The molecule has 1 heterocycles. The zero-order valence-corrected chi connectivity index (χ0v) is 17.5. The molecule has 2 amide bonds. The maximum absolute atomic E-state index is 13.8. The van der Waals surface area contributed by atoms with Crippen molar-refractivity contribution >= 4 is 24.0 Å². The second-order valence-corrected chi connectivity index (χ2v) is 8.11. The summed E-state index contributed by atoms with van der Waals surface area (Å²) < 4.78 is 13.8. The first-order valence-electron chi connectivity index (χ1n) is 10.6. The third-order valence-electron chi connectivity index (χ3n) is 5.66. The van der Waals surface area contributed by atoms with Crippen molar-refractivity contribution in [2.24, 2.45) is 11.8 Å². The highest BCUT2D eigenvalue weighted by Crippen LogP contribution is 2.25. The average molecular weight is 422 g/mol. The standard InChI is InChI=1S/C21H30FN3O2.CH2O2/c1-15-8-9-18(22)19(11-15)24-20(26)14-25-10-4-5-16(13-25)12-23-21(27)17-6-2-3-7-17;2-1-3/h8-9,11,16-17H,2-7,10,12-14H2,1H3,(H,23,27)(H,24,26);1H,(H,2,3). The first-order chi connectivity index (χ1) is 14.4. The topological polar surface area (TPSA) is 98.7 Å². The van der Waals surface area contributed by atoms with Crippen LogP contribution in [0.4, 0.5) is 10.1 Å². The first kappa shape index (κ1) is 23.8. The number of aryl methyl sites for hydroxylation is 1. The monoisotopic (exact) mass is 421 g/mol. The molecule has 8 heteroatoms. The summed E-state index contributed by atoms with van der Waals surface area (Å²) in [6.07, 6.45) is 6.42. The number of likely N-dealkylation sites (tertiary alicyclic amines) is 1. The number of nitrogens with one attached hydrogen (secondary N) is 2. The van der Waals surface area contributed by atoms with Crippen molar-refractivity contribution in [3.63, 3.8) is 0 Å². The molecule has 166 valence electrons. The van der Waals surface area contributed by atoms with E-state index in [1.165, 1.54) is 6.07 Å². The molecule has 2 fully saturated rings. The van der Waals surface area contributed by atoms with Gasteiger partial charge in [0.05, 0.1) is 12.2 Å². The third kappa shape index (κ3) is 7.74. The van der Waals surface area contributed by atoms with Gasteiger partial charge >= 0.3 is 0 Å². The van der Waals surface area contributed by atoms with Gasteiger partial charge in [-0.15, -0.1) is 0 Å². The minimum Gasteiger partial charge on any atom is -0.483 e.